The second-order valence-electron chi connectivity index (χ2n) is 7.73. The number of nitrogens with zero attached hydrogens (tertiary/aromatic N) is 3. The molecular weight excluding hydrogens is 354 g/mol. The van der Waals surface area contributed by atoms with Crippen LogP contribution in [0, 0.1) is 5.92 Å². The standard InChI is InChI=1S/C22H29N3O3/c1-2-27-21(26)19(17-25-12-5-11-23-25)16-24-13-9-22(10-14-24)20-7-4-3-6-18(20)8-15-28-22/h3-7,11-12,19H,2,8-10,13-17H2,1H3. The molecule has 6 heteroatoms. The van der Waals surface area contributed by atoms with Crippen LogP contribution in [0.3, 0.4) is 0 Å². The van der Waals surface area contributed by atoms with Crippen molar-refractivity contribution in [1.82, 2.24) is 14.7 Å². The van der Waals surface area contributed by atoms with Crippen LogP contribution >= 0.6 is 0 Å². The predicted octanol–water partition coefficient (Wildman–Crippen LogP) is 2.63. The van der Waals surface area contributed by atoms with Gasteiger partial charge in [-0.25, -0.2) is 0 Å². The second-order valence-corrected chi connectivity index (χ2v) is 7.73. The highest BCUT2D eigenvalue weighted by Gasteiger charge is 2.41. The van der Waals surface area contributed by atoms with E-state index in [9.17, 15) is 4.79 Å². The Labute approximate surface area is 166 Å². The fraction of sp³-hybridized carbons (Fsp3) is 0.545. The molecule has 28 heavy (non-hydrogen) atoms. The molecule has 1 atom stereocenters. The Kier molecular flexibility index (Phi) is 5.78. The number of rotatable bonds is 6. The van der Waals surface area contributed by atoms with E-state index < -0.39 is 0 Å². The van der Waals surface area contributed by atoms with Crippen molar-refractivity contribution in [2.45, 2.75) is 38.3 Å². The van der Waals surface area contributed by atoms with E-state index in [1.807, 2.05) is 23.9 Å². The Bertz CT molecular complexity index is 782. The number of benzene rings is 1. The summed E-state index contributed by atoms with van der Waals surface area (Å²) in [7, 11) is 0. The molecule has 6 nitrogen and oxygen atoms in total. The fourth-order valence-electron chi connectivity index (χ4n) is 4.54. The zero-order valence-electron chi connectivity index (χ0n) is 16.5. The lowest BCUT2D eigenvalue weighted by Gasteiger charge is -2.45. The number of hydrogen-bond donors (Lipinski definition) is 0. The molecule has 0 N–H and O–H groups in total. The van der Waals surface area contributed by atoms with Gasteiger partial charge in [0.2, 0.25) is 0 Å². The van der Waals surface area contributed by atoms with Gasteiger partial charge in [-0.1, -0.05) is 24.3 Å². The normalized spacial score (nSPS) is 19.9. The SMILES string of the molecule is CCOC(=O)C(CN1CCC2(CC1)OCCc1ccccc12)Cn1cccn1. The van der Waals surface area contributed by atoms with Crippen LogP contribution in [0.4, 0.5) is 0 Å². The number of aromatic nitrogens is 2. The largest absolute Gasteiger partial charge is 0.466 e. The van der Waals surface area contributed by atoms with Gasteiger partial charge in [0.15, 0.2) is 0 Å². The van der Waals surface area contributed by atoms with Gasteiger partial charge in [-0.2, -0.15) is 5.10 Å². The van der Waals surface area contributed by atoms with Gasteiger partial charge in [0.05, 0.1) is 31.3 Å². The fourth-order valence-corrected chi connectivity index (χ4v) is 4.54. The highest BCUT2D eigenvalue weighted by atomic mass is 16.5. The van der Waals surface area contributed by atoms with Crippen molar-refractivity contribution in [3.63, 3.8) is 0 Å². The molecule has 1 fully saturated rings. The van der Waals surface area contributed by atoms with E-state index in [0.717, 1.165) is 39.0 Å². The number of fused-ring (bicyclic) bond motifs is 2. The number of carbonyl (C=O) groups is 1. The summed E-state index contributed by atoms with van der Waals surface area (Å²) in [6, 6.07) is 10.6. The van der Waals surface area contributed by atoms with Gasteiger partial charge in [-0.3, -0.25) is 9.48 Å². The Balaban J connectivity index is 1.42. The van der Waals surface area contributed by atoms with Crippen LogP contribution in [-0.4, -0.2) is 53.5 Å². The highest BCUT2D eigenvalue weighted by molar-refractivity contribution is 5.72. The Hall–Kier alpha value is -2.18. The molecule has 1 aromatic carbocycles. The van der Waals surface area contributed by atoms with Gasteiger partial charge in [0, 0.05) is 32.0 Å². The summed E-state index contributed by atoms with van der Waals surface area (Å²) < 4.78 is 13.5. The molecule has 0 bridgehead atoms. The Morgan fingerprint density at radius 2 is 2.07 bits per heavy atom. The molecule has 150 valence electrons. The smallest absolute Gasteiger partial charge is 0.312 e. The monoisotopic (exact) mass is 383 g/mol. The number of likely N-dealkylation sites (tertiary alicyclic amines) is 1. The van der Waals surface area contributed by atoms with Crippen LogP contribution in [-0.2, 0) is 32.8 Å². The third kappa shape index (κ3) is 3.98. The van der Waals surface area contributed by atoms with Crippen LogP contribution in [0.15, 0.2) is 42.7 Å². The summed E-state index contributed by atoms with van der Waals surface area (Å²) in [5, 5.41) is 4.26. The molecular formula is C22H29N3O3. The van der Waals surface area contributed by atoms with E-state index in [1.165, 1.54) is 11.1 Å². The number of ether oxygens (including phenoxy) is 2. The number of carbonyl (C=O) groups excluding carboxylic acids is 1. The molecule has 4 rings (SSSR count). The molecule has 0 radical (unpaired) electrons. The van der Waals surface area contributed by atoms with Gasteiger partial charge in [0.1, 0.15) is 0 Å². The topological polar surface area (TPSA) is 56.6 Å². The molecule has 1 spiro atoms. The van der Waals surface area contributed by atoms with Crippen LogP contribution in [0.5, 0.6) is 0 Å². The average molecular weight is 383 g/mol. The minimum absolute atomic E-state index is 0.141. The molecule has 2 aromatic rings. The summed E-state index contributed by atoms with van der Waals surface area (Å²) in [5.41, 5.74) is 2.62. The minimum Gasteiger partial charge on any atom is -0.466 e. The van der Waals surface area contributed by atoms with Crippen molar-refractivity contribution >= 4 is 5.97 Å². The zero-order valence-corrected chi connectivity index (χ0v) is 16.5. The van der Waals surface area contributed by atoms with Crippen molar-refractivity contribution in [2.24, 2.45) is 5.92 Å². The Morgan fingerprint density at radius 1 is 1.25 bits per heavy atom. The molecule has 0 amide bonds. The lowest BCUT2D eigenvalue weighted by atomic mass is 9.79. The zero-order chi connectivity index (χ0) is 19.4. The number of piperidine rings is 1. The molecule has 0 aliphatic carbocycles. The molecule has 2 aliphatic rings. The van der Waals surface area contributed by atoms with Crippen molar-refractivity contribution in [3.8, 4) is 0 Å². The maximum absolute atomic E-state index is 12.5. The first-order chi connectivity index (χ1) is 13.7. The predicted molar refractivity (Wildman–Crippen MR) is 106 cm³/mol. The van der Waals surface area contributed by atoms with Crippen LogP contribution < -0.4 is 0 Å². The molecule has 1 unspecified atom stereocenters. The minimum atomic E-state index is -0.214. The lowest BCUT2D eigenvalue weighted by molar-refractivity contribution is -0.150. The third-order valence-corrected chi connectivity index (χ3v) is 5.99. The molecule has 2 aliphatic heterocycles. The van der Waals surface area contributed by atoms with E-state index in [1.54, 1.807) is 6.20 Å². The summed E-state index contributed by atoms with van der Waals surface area (Å²) in [6.07, 6.45) is 6.55. The van der Waals surface area contributed by atoms with Crippen molar-refractivity contribution in [3.05, 3.63) is 53.9 Å². The summed E-state index contributed by atoms with van der Waals surface area (Å²) >= 11 is 0. The van der Waals surface area contributed by atoms with E-state index in [4.69, 9.17) is 9.47 Å². The van der Waals surface area contributed by atoms with Gasteiger partial charge < -0.3 is 14.4 Å². The van der Waals surface area contributed by atoms with E-state index in [0.29, 0.717) is 19.7 Å². The van der Waals surface area contributed by atoms with Gasteiger partial charge in [0.25, 0.3) is 0 Å². The molecule has 3 heterocycles. The molecule has 1 aromatic heterocycles. The van der Waals surface area contributed by atoms with E-state index >= 15 is 0 Å². The number of esters is 1. The second kappa shape index (κ2) is 8.45. The van der Waals surface area contributed by atoms with E-state index in [-0.39, 0.29) is 17.5 Å². The third-order valence-electron chi connectivity index (χ3n) is 5.99. The quantitative estimate of drug-likeness (QED) is 0.718. The van der Waals surface area contributed by atoms with Gasteiger partial charge in [-0.05, 0) is 43.4 Å². The number of hydrogen-bond acceptors (Lipinski definition) is 5. The average Bonchev–Trinajstić information content (AvgIpc) is 3.23. The summed E-state index contributed by atoms with van der Waals surface area (Å²) in [5.74, 6) is -0.356. The van der Waals surface area contributed by atoms with Crippen LogP contribution in [0.2, 0.25) is 0 Å². The molecule has 0 saturated carbocycles. The summed E-state index contributed by atoms with van der Waals surface area (Å²) in [6.45, 7) is 6.13. The maximum atomic E-state index is 12.5. The first-order valence-corrected chi connectivity index (χ1v) is 10.3. The maximum Gasteiger partial charge on any atom is 0.312 e. The van der Waals surface area contributed by atoms with Crippen LogP contribution in [0.1, 0.15) is 30.9 Å². The summed E-state index contributed by atoms with van der Waals surface area (Å²) in [4.78, 5) is 14.9. The first-order valence-electron chi connectivity index (χ1n) is 10.3. The molecule has 1 saturated heterocycles. The van der Waals surface area contributed by atoms with E-state index in [2.05, 4.69) is 34.3 Å². The van der Waals surface area contributed by atoms with Crippen molar-refractivity contribution in [1.29, 1.82) is 0 Å². The van der Waals surface area contributed by atoms with Crippen LogP contribution in [0.25, 0.3) is 0 Å². The van der Waals surface area contributed by atoms with Gasteiger partial charge in [-0.15, -0.1) is 0 Å². The first kappa shape index (κ1) is 19.2. The van der Waals surface area contributed by atoms with Gasteiger partial charge >= 0.3 is 5.97 Å². The van der Waals surface area contributed by atoms with Crippen molar-refractivity contribution in [2.75, 3.05) is 32.8 Å². The highest BCUT2D eigenvalue weighted by Crippen LogP contribution is 2.41. The lowest BCUT2D eigenvalue weighted by Crippen LogP contribution is -2.48. The van der Waals surface area contributed by atoms with Crippen molar-refractivity contribution < 1.29 is 14.3 Å². The Morgan fingerprint density at radius 3 is 2.82 bits per heavy atom.